The highest BCUT2D eigenvalue weighted by atomic mass is 16.4. The average molecular weight is 462 g/mol. The number of anilines is 3. The monoisotopic (exact) mass is 461 g/mol. The van der Waals surface area contributed by atoms with Crippen LogP contribution in [0.5, 0.6) is 0 Å². The van der Waals surface area contributed by atoms with Gasteiger partial charge >= 0.3 is 5.97 Å². The molecule has 0 spiro atoms. The fourth-order valence-corrected chi connectivity index (χ4v) is 4.31. The summed E-state index contributed by atoms with van der Waals surface area (Å²) in [6, 6.07) is 33.9. The normalized spacial score (nSPS) is 11.3. The van der Waals surface area contributed by atoms with Gasteiger partial charge in [-0.15, -0.1) is 0 Å². The number of nitrogens with zero attached hydrogens (tertiary/aromatic N) is 1. The van der Waals surface area contributed by atoms with Crippen LogP contribution >= 0.6 is 0 Å². The van der Waals surface area contributed by atoms with Gasteiger partial charge in [0, 0.05) is 22.6 Å². The lowest BCUT2D eigenvalue weighted by atomic mass is 9.98. The largest absolute Gasteiger partial charge is 0.478 e. The summed E-state index contributed by atoms with van der Waals surface area (Å²) in [7, 11) is 0. The summed E-state index contributed by atoms with van der Waals surface area (Å²) in [5.74, 6) is -0.900. The Balaban J connectivity index is 1.68. The van der Waals surface area contributed by atoms with E-state index in [1.165, 1.54) is 11.1 Å². The summed E-state index contributed by atoms with van der Waals surface area (Å²) < 4.78 is 0. The Kier molecular flexibility index (Phi) is 7.47. The van der Waals surface area contributed by atoms with Gasteiger partial charge in [0.2, 0.25) is 0 Å². The highest BCUT2D eigenvalue weighted by Gasteiger charge is 2.14. The Morgan fingerprint density at radius 3 is 2.06 bits per heavy atom. The molecule has 0 amide bonds. The van der Waals surface area contributed by atoms with Gasteiger partial charge < -0.3 is 10.0 Å². The Bertz CT molecular complexity index is 1320. The zero-order valence-electron chi connectivity index (χ0n) is 20.5. The Morgan fingerprint density at radius 2 is 1.46 bits per heavy atom. The zero-order valence-corrected chi connectivity index (χ0v) is 20.5. The minimum absolute atomic E-state index is 0.321. The first kappa shape index (κ1) is 24.0. The maximum Gasteiger partial charge on any atom is 0.331 e. The lowest BCUT2D eigenvalue weighted by molar-refractivity contribution is -0.132. The van der Waals surface area contributed by atoms with Gasteiger partial charge in [-0.25, -0.2) is 4.79 Å². The first-order valence-corrected chi connectivity index (χ1v) is 12.0. The van der Waals surface area contributed by atoms with Crippen LogP contribution in [0, 0.1) is 6.92 Å². The fourth-order valence-electron chi connectivity index (χ4n) is 4.31. The van der Waals surface area contributed by atoms with Crippen molar-refractivity contribution in [2.45, 2.75) is 33.6 Å². The SMILES string of the molecule is CCCc1ccc(N(c2ccccc2)c2ccc(-c3ccc(/C=C(\C)C(=O)O)cc3)c(C)c2)cc1. The van der Waals surface area contributed by atoms with E-state index < -0.39 is 5.97 Å². The van der Waals surface area contributed by atoms with Crippen molar-refractivity contribution < 1.29 is 9.90 Å². The van der Waals surface area contributed by atoms with Crippen molar-refractivity contribution in [1.82, 2.24) is 0 Å². The smallest absolute Gasteiger partial charge is 0.331 e. The number of benzene rings is 4. The summed E-state index contributed by atoms with van der Waals surface area (Å²) in [4.78, 5) is 13.4. The number of carboxylic acid groups (broad SMARTS) is 1. The van der Waals surface area contributed by atoms with Crippen LogP contribution in [0.2, 0.25) is 0 Å². The molecule has 0 aromatic heterocycles. The lowest BCUT2D eigenvalue weighted by Crippen LogP contribution is -2.10. The molecule has 0 atom stereocenters. The highest BCUT2D eigenvalue weighted by Crippen LogP contribution is 2.37. The van der Waals surface area contributed by atoms with Crippen molar-refractivity contribution in [2.75, 3.05) is 4.90 Å². The first-order chi connectivity index (χ1) is 17.0. The number of rotatable bonds is 8. The molecule has 3 heteroatoms. The van der Waals surface area contributed by atoms with Gasteiger partial charge in [-0.1, -0.05) is 74.0 Å². The number of para-hydroxylation sites is 1. The Labute approximate surface area is 208 Å². The molecule has 1 N–H and O–H groups in total. The molecule has 0 aliphatic rings. The Hall–Kier alpha value is -4.11. The molecule has 4 aromatic rings. The molecule has 0 unspecified atom stereocenters. The minimum atomic E-state index is -0.900. The molecule has 0 aliphatic carbocycles. The molecule has 0 fully saturated rings. The molecule has 0 heterocycles. The second kappa shape index (κ2) is 10.9. The van der Waals surface area contributed by atoms with Crippen LogP contribution in [-0.4, -0.2) is 11.1 Å². The van der Waals surface area contributed by atoms with Gasteiger partial charge in [-0.05, 0) is 90.6 Å². The summed E-state index contributed by atoms with van der Waals surface area (Å²) in [5, 5.41) is 9.11. The molecule has 4 aromatic carbocycles. The first-order valence-electron chi connectivity index (χ1n) is 12.0. The maximum atomic E-state index is 11.1. The van der Waals surface area contributed by atoms with E-state index in [1.807, 2.05) is 30.3 Å². The van der Waals surface area contributed by atoms with Gasteiger partial charge in [0.15, 0.2) is 0 Å². The van der Waals surface area contributed by atoms with Crippen LogP contribution in [0.3, 0.4) is 0 Å². The molecule has 0 saturated carbocycles. The van der Waals surface area contributed by atoms with Gasteiger partial charge in [0.1, 0.15) is 0 Å². The molecule has 0 bridgehead atoms. The molecular weight excluding hydrogens is 430 g/mol. The van der Waals surface area contributed by atoms with Gasteiger partial charge in [-0.3, -0.25) is 0 Å². The number of hydrogen-bond acceptors (Lipinski definition) is 2. The third-order valence-electron chi connectivity index (χ3n) is 6.16. The molecule has 0 radical (unpaired) electrons. The van der Waals surface area contributed by atoms with Crippen LogP contribution in [0.4, 0.5) is 17.1 Å². The van der Waals surface area contributed by atoms with Crippen molar-refractivity contribution in [3.8, 4) is 11.1 Å². The summed E-state index contributed by atoms with van der Waals surface area (Å²) >= 11 is 0. The minimum Gasteiger partial charge on any atom is -0.478 e. The maximum absolute atomic E-state index is 11.1. The summed E-state index contributed by atoms with van der Waals surface area (Å²) in [6.45, 7) is 5.94. The molecule has 0 aliphatic heterocycles. The Morgan fingerprint density at radius 1 is 0.829 bits per heavy atom. The predicted molar refractivity (Wildman–Crippen MR) is 147 cm³/mol. The number of carbonyl (C=O) groups is 1. The molecule has 4 rings (SSSR count). The van der Waals surface area contributed by atoms with E-state index in [-0.39, 0.29) is 0 Å². The van der Waals surface area contributed by atoms with Crippen LogP contribution in [0.25, 0.3) is 17.2 Å². The van der Waals surface area contributed by atoms with Crippen molar-refractivity contribution in [3.05, 3.63) is 119 Å². The standard InChI is InChI=1S/C32H31NO2/c1-4-8-25-13-17-29(18-14-25)33(28-9-6-5-7-10-28)30-19-20-31(23(2)22-30)27-15-11-26(12-16-27)21-24(3)32(34)35/h5-7,9-22H,4,8H2,1-3H3,(H,34,35)/b24-21+. The van der Waals surface area contributed by atoms with E-state index in [9.17, 15) is 4.79 Å². The molecule has 176 valence electrons. The van der Waals surface area contributed by atoms with Crippen molar-refractivity contribution in [1.29, 1.82) is 0 Å². The van der Waals surface area contributed by atoms with Crippen molar-refractivity contribution in [2.24, 2.45) is 0 Å². The number of hydrogen-bond donors (Lipinski definition) is 1. The van der Waals surface area contributed by atoms with E-state index in [4.69, 9.17) is 5.11 Å². The molecule has 35 heavy (non-hydrogen) atoms. The van der Waals surface area contributed by atoms with Crippen molar-refractivity contribution in [3.63, 3.8) is 0 Å². The average Bonchev–Trinajstić information content (AvgIpc) is 2.87. The third-order valence-corrected chi connectivity index (χ3v) is 6.16. The van der Waals surface area contributed by atoms with E-state index in [2.05, 4.69) is 85.5 Å². The molecule has 0 saturated heterocycles. The van der Waals surface area contributed by atoms with Crippen LogP contribution in [-0.2, 0) is 11.2 Å². The zero-order chi connectivity index (χ0) is 24.8. The highest BCUT2D eigenvalue weighted by molar-refractivity contribution is 5.91. The van der Waals surface area contributed by atoms with E-state index in [0.29, 0.717) is 5.57 Å². The number of carboxylic acids is 1. The van der Waals surface area contributed by atoms with E-state index in [0.717, 1.165) is 46.6 Å². The topological polar surface area (TPSA) is 40.5 Å². The van der Waals surface area contributed by atoms with Crippen molar-refractivity contribution >= 4 is 29.1 Å². The third kappa shape index (κ3) is 5.70. The summed E-state index contributed by atoms with van der Waals surface area (Å²) in [6.07, 6.45) is 3.91. The second-order valence-electron chi connectivity index (χ2n) is 8.84. The lowest BCUT2D eigenvalue weighted by Gasteiger charge is -2.26. The quantitative estimate of drug-likeness (QED) is 0.267. The van der Waals surface area contributed by atoms with Crippen LogP contribution in [0.1, 0.15) is 37.0 Å². The number of aryl methyl sites for hydroxylation is 2. The van der Waals surface area contributed by atoms with Gasteiger partial charge in [-0.2, -0.15) is 0 Å². The van der Waals surface area contributed by atoms with E-state index >= 15 is 0 Å². The van der Waals surface area contributed by atoms with Crippen LogP contribution in [0.15, 0.2) is 103 Å². The molecular formula is C32H31NO2. The van der Waals surface area contributed by atoms with Gasteiger partial charge in [0.05, 0.1) is 0 Å². The van der Waals surface area contributed by atoms with Crippen LogP contribution < -0.4 is 4.90 Å². The second-order valence-corrected chi connectivity index (χ2v) is 8.84. The van der Waals surface area contributed by atoms with E-state index in [1.54, 1.807) is 13.0 Å². The fraction of sp³-hybridized carbons (Fsp3) is 0.156. The number of aliphatic carboxylic acids is 1. The van der Waals surface area contributed by atoms with Gasteiger partial charge in [0.25, 0.3) is 0 Å². The molecule has 3 nitrogen and oxygen atoms in total. The predicted octanol–water partition coefficient (Wildman–Crippen LogP) is 8.57. The summed E-state index contributed by atoms with van der Waals surface area (Å²) in [5.41, 5.74) is 9.36.